The van der Waals surface area contributed by atoms with Crippen LogP contribution >= 0.6 is 15.9 Å². The van der Waals surface area contributed by atoms with Crippen molar-refractivity contribution in [1.29, 1.82) is 0 Å². The molecule has 156 valence electrons. The summed E-state index contributed by atoms with van der Waals surface area (Å²) in [5.41, 5.74) is 1.11. The largest absolute Gasteiger partial charge is 0.438 e. The van der Waals surface area contributed by atoms with Gasteiger partial charge in [0.25, 0.3) is 0 Å². The first-order valence-corrected chi connectivity index (χ1v) is 11.3. The standard InChI is InChI=1S/C23H30BrN3O2/c1-23(2,28)18-3-5-21(20(24)12-18)29-22-6-4-19(13-26-22)27-14-17(15-27)11-16-7-9-25-10-8-16/h3-6,12-13,16-17,25,28H,7-11,14-15H2,1-2H3. The fraction of sp³-hybridized carbons (Fsp3) is 0.522. The first kappa shape index (κ1) is 20.6. The van der Waals surface area contributed by atoms with Crippen molar-refractivity contribution in [2.45, 2.75) is 38.7 Å². The predicted molar refractivity (Wildman–Crippen MR) is 120 cm³/mol. The molecule has 0 unspecified atom stereocenters. The number of nitrogens with zero attached hydrogens (tertiary/aromatic N) is 2. The van der Waals surface area contributed by atoms with Crippen LogP contribution in [0.4, 0.5) is 5.69 Å². The summed E-state index contributed by atoms with van der Waals surface area (Å²) >= 11 is 3.53. The molecule has 2 N–H and O–H groups in total. The Labute approximate surface area is 181 Å². The van der Waals surface area contributed by atoms with Crippen LogP contribution in [0.3, 0.4) is 0 Å². The SMILES string of the molecule is CC(C)(O)c1ccc(Oc2ccc(N3CC(CC4CCNCC4)C3)cn2)c(Br)c1. The predicted octanol–water partition coefficient (Wildman–Crippen LogP) is 4.69. The zero-order valence-electron chi connectivity index (χ0n) is 17.2. The zero-order valence-corrected chi connectivity index (χ0v) is 18.8. The first-order chi connectivity index (χ1) is 13.9. The highest BCUT2D eigenvalue weighted by Gasteiger charge is 2.29. The number of rotatable bonds is 6. The van der Waals surface area contributed by atoms with Crippen LogP contribution in [0.25, 0.3) is 0 Å². The third-order valence-corrected chi connectivity index (χ3v) is 6.64. The highest BCUT2D eigenvalue weighted by atomic mass is 79.9. The van der Waals surface area contributed by atoms with Gasteiger partial charge >= 0.3 is 0 Å². The maximum absolute atomic E-state index is 10.1. The molecule has 6 heteroatoms. The minimum atomic E-state index is -0.885. The minimum absolute atomic E-state index is 0.567. The van der Waals surface area contributed by atoms with E-state index in [-0.39, 0.29) is 0 Å². The lowest BCUT2D eigenvalue weighted by Crippen LogP contribution is -2.48. The van der Waals surface area contributed by atoms with E-state index in [1.165, 1.54) is 32.4 Å². The number of hydrogen-bond acceptors (Lipinski definition) is 5. The Morgan fingerprint density at radius 1 is 1.17 bits per heavy atom. The Bertz CT molecular complexity index is 823. The minimum Gasteiger partial charge on any atom is -0.438 e. The molecule has 0 amide bonds. The van der Waals surface area contributed by atoms with E-state index in [0.717, 1.165) is 40.6 Å². The lowest BCUT2D eigenvalue weighted by atomic mass is 9.84. The monoisotopic (exact) mass is 459 g/mol. The summed E-state index contributed by atoms with van der Waals surface area (Å²) in [6.07, 6.45) is 5.92. The van der Waals surface area contributed by atoms with Crippen LogP contribution in [0.1, 0.15) is 38.7 Å². The molecule has 2 aliphatic rings. The molecule has 5 nitrogen and oxygen atoms in total. The molecule has 3 heterocycles. The fourth-order valence-electron chi connectivity index (χ4n) is 4.22. The molecule has 0 saturated carbocycles. The molecule has 0 spiro atoms. The second kappa shape index (κ2) is 8.62. The number of benzene rings is 1. The highest BCUT2D eigenvalue weighted by Crippen LogP contribution is 2.34. The summed E-state index contributed by atoms with van der Waals surface area (Å²) in [7, 11) is 0. The normalized spacial score (nSPS) is 18.6. The van der Waals surface area contributed by atoms with Crippen molar-refractivity contribution in [3.05, 3.63) is 46.6 Å². The molecular weight excluding hydrogens is 430 g/mol. The van der Waals surface area contributed by atoms with Crippen molar-refractivity contribution in [2.24, 2.45) is 11.8 Å². The van der Waals surface area contributed by atoms with E-state index >= 15 is 0 Å². The third-order valence-electron chi connectivity index (χ3n) is 6.02. The van der Waals surface area contributed by atoms with Gasteiger partial charge in [0.05, 0.1) is 22.0 Å². The molecule has 29 heavy (non-hydrogen) atoms. The van der Waals surface area contributed by atoms with Gasteiger partial charge in [0, 0.05) is 19.2 Å². The van der Waals surface area contributed by atoms with Gasteiger partial charge in [-0.1, -0.05) is 6.07 Å². The van der Waals surface area contributed by atoms with Gasteiger partial charge in [0.2, 0.25) is 5.88 Å². The van der Waals surface area contributed by atoms with Crippen LogP contribution in [0, 0.1) is 11.8 Å². The Morgan fingerprint density at radius 2 is 1.93 bits per heavy atom. The molecule has 0 radical (unpaired) electrons. The maximum atomic E-state index is 10.1. The molecule has 2 aliphatic heterocycles. The number of nitrogens with one attached hydrogen (secondary N) is 1. The van der Waals surface area contributed by atoms with Gasteiger partial charge < -0.3 is 20.1 Å². The smallest absolute Gasteiger partial charge is 0.219 e. The first-order valence-electron chi connectivity index (χ1n) is 10.5. The number of piperidine rings is 1. The fourth-order valence-corrected chi connectivity index (χ4v) is 4.68. The zero-order chi connectivity index (χ0) is 20.4. The second-order valence-corrected chi connectivity index (χ2v) is 9.72. The van der Waals surface area contributed by atoms with Gasteiger partial charge in [0.15, 0.2) is 0 Å². The molecule has 2 fully saturated rings. The summed E-state index contributed by atoms with van der Waals surface area (Å²) in [4.78, 5) is 6.89. The van der Waals surface area contributed by atoms with E-state index in [0.29, 0.717) is 11.6 Å². The van der Waals surface area contributed by atoms with Crippen molar-refractivity contribution < 1.29 is 9.84 Å². The number of halogens is 1. The van der Waals surface area contributed by atoms with Crippen LogP contribution in [0.2, 0.25) is 0 Å². The van der Waals surface area contributed by atoms with Crippen LogP contribution in [-0.2, 0) is 5.60 Å². The molecule has 1 aromatic carbocycles. The third kappa shape index (κ3) is 5.11. The Balaban J connectivity index is 1.31. The highest BCUT2D eigenvalue weighted by molar-refractivity contribution is 9.10. The number of aliphatic hydroxyl groups is 1. The summed E-state index contributed by atoms with van der Waals surface area (Å²) in [6.45, 7) is 8.17. The molecule has 4 rings (SSSR count). The molecular formula is C23H30BrN3O2. The number of aromatic nitrogens is 1. The van der Waals surface area contributed by atoms with Crippen molar-refractivity contribution in [2.75, 3.05) is 31.1 Å². The van der Waals surface area contributed by atoms with Gasteiger partial charge in [-0.25, -0.2) is 4.98 Å². The van der Waals surface area contributed by atoms with E-state index in [2.05, 4.69) is 37.2 Å². The quantitative estimate of drug-likeness (QED) is 0.655. The van der Waals surface area contributed by atoms with E-state index in [9.17, 15) is 5.11 Å². The van der Waals surface area contributed by atoms with Crippen LogP contribution in [-0.4, -0.2) is 36.3 Å². The second-order valence-electron chi connectivity index (χ2n) is 8.86. The number of anilines is 1. The molecule has 0 aliphatic carbocycles. The van der Waals surface area contributed by atoms with Crippen molar-refractivity contribution in [3.63, 3.8) is 0 Å². The number of hydrogen-bond donors (Lipinski definition) is 2. The molecule has 0 bridgehead atoms. The molecule has 2 saturated heterocycles. The topological polar surface area (TPSA) is 57.6 Å². The van der Waals surface area contributed by atoms with Crippen molar-refractivity contribution in [1.82, 2.24) is 10.3 Å². The van der Waals surface area contributed by atoms with Crippen LogP contribution in [0.5, 0.6) is 11.6 Å². The summed E-state index contributed by atoms with van der Waals surface area (Å²) in [5.74, 6) is 2.97. The maximum Gasteiger partial charge on any atom is 0.219 e. The van der Waals surface area contributed by atoms with Crippen LogP contribution < -0.4 is 15.0 Å². The Hall–Kier alpha value is -1.63. The van der Waals surface area contributed by atoms with Gasteiger partial charge in [-0.3, -0.25) is 0 Å². The van der Waals surface area contributed by atoms with E-state index < -0.39 is 5.60 Å². The van der Waals surface area contributed by atoms with E-state index in [1.54, 1.807) is 13.8 Å². The van der Waals surface area contributed by atoms with E-state index in [1.807, 2.05) is 30.5 Å². The molecule has 0 atom stereocenters. The summed E-state index contributed by atoms with van der Waals surface area (Å²) in [5, 5.41) is 13.6. The lowest BCUT2D eigenvalue weighted by molar-refractivity contribution is 0.0785. The molecule has 2 aromatic rings. The Kier molecular flexibility index (Phi) is 6.13. The van der Waals surface area contributed by atoms with Crippen molar-refractivity contribution in [3.8, 4) is 11.6 Å². The van der Waals surface area contributed by atoms with Crippen molar-refractivity contribution >= 4 is 21.6 Å². The van der Waals surface area contributed by atoms with Gasteiger partial charge in [-0.05, 0) is 97.7 Å². The average molecular weight is 460 g/mol. The van der Waals surface area contributed by atoms with Crippen LogP contribution in [0.15, 0.2) is 41.0 Å². The van der Waals surface area contributed by atoms with E-state index in [4.69, 9.17) is 4.74 Å². The Morgan fingerprint density at radius 3 is 2.55 bits per heavy atom. The van der Waals surface area contributed by atoms with Gasteiger partial charge in [-0.15, -0.1) is 0 Å². The van der Waals surface area contributed by atoms with Gasteiger partial charge in [0.1, 0.15) is 5.75 Å². The summed E-state index contributed by atoms with van der Waals surface area (Å²) in [6, 6.07) is 9.62. The lowest BCUT2D eigenvalue weighted by Gasteiger charge is -2.43. The number of pyridine rings is 1. The average Bonchev–Trinajstić information content (AvgIpc) is 2.67. The summed E-state index contributed by atoms with van der Waals surface area (Å²) < 4.78 is 6.72. The molecule has 1 aromatic heterocycles. The number of ether oxygens (including phenoxy) is 1. The van der Waals surface area contributed by atoms with Gasteiger partial charge in [-0.2, -0.15) is 0 Å².